The summed E-state index contributed by atoms with van der Waals surface area (Å²) < 4.78 is 4.95. The molecule has 0 radical (unpaired) electrons. The van der Waals surface area contributed by atoms with Crippen LogP contribution in [-0.2, 0) is 23.9 Å². The molecule has 0 saturated heterocycles. The summed E-state index contributed by atoms with van der Waals surface area (Å²) in [5, 5.41) is 9.02. The summed E-state index contributed by atoms with van der Waals surface area (Å²) in [7, 11) is 0. The molecule has 4 amide bonds. The lowest BCUT2D eigenvalue weighted by Crippen LogP contribution is -2.45. The van der Waals surface area contributed by atoms with Gasteiger partial charge in [-0.3, -0.25) is 19.2 Å². The first-order chi connectivity index (χ1) is 12.0. The van der Waals surface area contributed by atoms with Crippen molar-refractivity contribution in [3.63, 3.8) is 0 Å². The van der Waals surface area contributed by atoms with Gasteiger partial charge in [0.05, 0.1) is 19.6 Å². The van der Waals surface area contributed by atoms with Gasteiger partial charge in [-0.1, -0.05) is 18.7 Å². The summed E-state index contributed by atoms with van der Waals surface area (Å²) in [6.45, 7) is 5.76. The predicted molar refractivity (Wildman–Crippen MR) is 96.4 cm³/mol. The maximum absolute atomic E-state index is 11.5. The monoisotopic (exact) mass is 390 g/mol. The molecule has 0 atom stereocenters. The van der Waals surface area contributed by atoms with Crippen LogP contribution >= 0.6 is 11.8 Å². The van der Waals surface area contributed by atoms with Crippen molar-refractivity contribution in [2.45, 2.75) is 33.3 Å². The average Bonchev–Trinajstić information content (AvgIpc) is 2.53. The summed E-state index contributed by atoms with van der Waals surface area (Å²) in [6, 6.07) is 0. The Hall–Kier alpha value is -2.30. The van der Waals surface area contributed by atoms with Crippen molar-refractivity contribution in [2.75, 3.05) is 31.9 Å². The van der Waals surface area contributed by atoms with E-state index >= 15 is 0 Å². The van der Waals surface area contributed by atoms with Crippen LogP contribution in [0.2, 0.25) is 0 Å². The zero-order chi connectivity index (χ0) is 20.2. The highest BCUT2D eigenvalue weighted by atomic mass is 32.2. The number of hydrogen-bond donors (Lipinski definition) is 4. The molecule has 148 valence electrons. The second-order valence-electron chi connectivity index (χ2n) is 5.99. The molecule has 0 aliphatic heterocycles. The molecule has 0 aromatic heterocycles. The summed E-state index contributed by atoms with van der Waals surface area (Å²) in [4.78, 5) is 57.1. The molecule has 0 aromatic carbocycles. The molecule has 4 N–H and O–H groups in total. The maximum atomic E-state index is 11.5. The minimum absolute atomic E-state index is 0.111. The molecule has 0 saturated carbocycles. The van der Waals surface area contributed by atoms with Gasteiger partial charge in [-0.25, -0.2) is 4.79 Å². The first-order valence-corrected chi connectivity index (χ1v) is 8.94. The number of thioether (sulfide) groups is 1. The fourth-order valence-corrected chi connectivity index (χ4v) is 1.89. The van der Waals surface area contributed by atoms with Crippen molar-refractivity contribution in [3.05, 3.63) is 0 Å². The zero-order valence-electron chi connectivity index (χ0n) is 15.4. The van der Waals surface area contributed by atoms with E-state index in [0.717, 1.165) is 11.8 Å². The van der Waals surface area contributed by atoms with Crippen LogP contribution < -0.4 is 21.3 Å². The Morgan fingerprint density at radius 1 is 0.769 bits per heavy atom. The fourth-order valence-electron chi connectivity index (χ4n) is 1.39. The van der Waals surface area contributed by atoms with Crippen molar-refractivity contribution in [1.29, 1.82) is 0 Å². The standard InChI is InChI=1S/C15H26N4O6S/c1-5-26-13(23)9-18-11(21)7-16-10(20)6-17-12(22)8-19-14(24)25-15(2,3)4/h5-9H2,1-4H3,(H,16,20)(H,17,22)(H,18,21)(H,19,24). The smallest absolute Gasteiger partial charge is 0.408 e. The van der Waals surface area contributed by atoms with Crippen LogP contribution in [0.25, 0.3) is 0 Å². The van der Waals surface area contributed by atoms with Crippen LogP contribution in [0.5, 0.6) is 0 Å². The van der Waals surface area contributed by atoms with Gasteiger partial charge in [-0.2, -0.15) is 0 Å². The van der Waals surface area contributed by atoms with Crippen LogP contribution in [0, 0.1) is 0 Å². The summed E-state index contributed by atoms with van der Waals surface area (Å²) in [5.74, 6) is -1.06. The SMILES string of the molecule is CCSC(=O)CNC(=O)CNC(=O)CNC(=O)CNC(=O)OC(C)(C)C. The first-order valence-electron chi connectivity index (χ1n) is 7.96. The van der Waals surface area contributed by atoms with Crippen LogP contribution in [0.3, 0.4) is 0 Å². The van der Waals surface area contributed by atoms with E-state index in [1.807, 2.05) is 6.92 Å². The number of carbonyl (C=O) groups is 5. The quantitative estimate of drug-likeness (QED) is 0.401. The fraction of sp³-hybridized carbons (Fsp3) is 0.667. The molecule has 0 unspecified atom stereocenters. The maximum Gasteiger partial charge on any atom is 0.408 e. The van der Waals surface area contributed by atoms with Gasteiger partial charge in [0, 0.05) is 0 Å². The molecular formula is C15H26N4O6S. The van der Waals surface area contributed by atoms with E-state index in [9.17, 15) is 24.0 Å². The van der Waals surface area contributed by atoms with Crippen LogP contribution in [-0.4, -0.2) is 66.5 Å². The number of carbonyl (C=O) groups excluding carboxylic acids is 5. The third-order valence-electron chi connectivity index (χ3n) is 2.42. The second-order valence-corrected chi connectivity index (χ2v) is 7.31. The molecule has 0 aromatic rings. The van der Waals surface area contributed by atoms with E-state index in [2.05, 4.69) is 21.3 Å². The molecule has 0 heterocycles. The van der Waals surface area contributed by atoms with Gasteiger partial charge in [0.1, 0.15) is 12.1 Å². The average molecular weight is 390 g/mol. The van der Waals surface area contributed by atoms with E-state index in [1.165, 1.54) is 0 Å². The Morgan fingerprint density at radius 3 is 1.62 bits per heavy atom. The number of rotatable bonds is 9. The second kappa shape index (κ2) is 12.1. The van der Waals surface area contributed by atoms with Gasteiger partial charge in [0.25, 0.3) is 0 Å². The van der Waals surface area contributed by atoms with Crippen molar-refractivity contribution in [1.82, 2.24) is 21.3 Å². The molecule has 0 aliphatic rings. The van der Waals surface area contributed by atoms with Crippen LogP contribution in [0.15, 0.2) is 0 Å². The Bertz CT molecular complexity index is 533. The van der Waals surface area contributed by atoms with Gasteiger partial charge in [0.15, 0.2) is 0 Å². The van der Waals surface area contributed by atoms with E-state index in [1.54, 1.807) is 20.8 Å². The van der Waals surface area contributed by atoms with E-state index in [-0.39, 0.29) is 31.3 Å². The highest BCUT2D eigenvalue weighted by molar-refractivity contribution is 8.13. The van der Waals surface area contributed by atoms with Crippen LogP contribution in [0.4, 0.5) is 4.79 Å². The zero-order valence-corrected chi connectivity index (χ0v) is 16.2. The van der Waals surface area contributed by atoms with Crippen molar-refractivity contribution < 1.29 is 28.7 Å². The van der Waals surface area contributed by atoms with Gasteiger partial charge in [-0.05, 0) is 26.5 Å². The van der Waals surface area contributed by atoms with Gasteiger partial charge in [-0.15, -0.1) is 0 Å². The van der Waals surface area contributed by atoms with E-state index in [4.69, 9.17) is 4.74 Å². The summed E-state index contributed by atoms with van der Waals surface area (Å²) >= 11 is 1.09. The molecule has 10 nitrogen and oxygen atoms in total. The predicted octanol–water partition coefficient (Wildman–Crippen LogP) is -0.861. The van der Waals surface area contributed by atoms with E-state index in [0.29, 0.717) is 5.75 Å². The molecule has 0 bridgehead atoms. The number of hydrogen-bond acceptors (Lipinski definition) is 7. The molecule has 11 heteroatoms. The Labute approximate surface area is 156 Å². The number of alkyl carbamates (subject to hydrolysis) is 1. The Morgan fingerprint density at radius 2 is 1.19 bits per heavy atom. The molecule has 0 aliphatic carbocycles. The highest BCUT2D eigenvalue weighted by Gasteiger charge is 2.16. The normalized spacial score (nSPS) is 10.5. The molecule has 0 fully saturated rings. The van der Waals surface area contributed by atoms with E-state index < -0.39 is 29.4 Å². The number of ether oxygens (including phenoxy) is 1. The van der Waals surface area contributed by atoms with Crippen molar-refractivity contribution in [3.8, 4) is 0 Å². The van der Waals surface area contributed by atoms with Gasteiger partial charge >= 0.3 is 6.09 Å². The Kier molecular flexibility index (Phi) is 11.0. The lowest BCUT2D eigenvalue weighted by molar-refractivity contribution is -0.127. The van der Waals surface area contributed by atoms with Gasteiger partial charge in [0.2, 0.25) is 22.8 Å². The largest absolute Gasteiger partial charge is 0.444 e. The Balaban J connectivity index is 3.87. The highest BCUT2D eigenvalue weighted by Crippen LogP contribution is 2.05. The molecule has 0 spiro atoms. The minimum Gasteiger partial charge on any atom is -0.444 e. The summed E-state index contributed by atoms with van der Waals surface area (Å²) in [6.07, 6.45) is -0.746. The molecular weight excluding hydrogens is 364 g/mol. The van der Waals surface area contributed by atoms with Gasteiger partial charge < -0.3 is 26.0 Å². The first kappa shape index (κ1) is 23.7. The third-order valence-corrected chi connectivity index (χ3v) is 3.17. The lowest BCUT2D eigenvalue weighted by Gasteiger charge is -2.19. The summed E-state index contributed by atoms with van der Waals surface area (Å²) in [5.41, 5.74) is -0.680. The van der Waals surface area contributed by atoms with Crippen LogP contribution in [0.1, 0.15) is 27.7 Å². The number of amides is 4. The molecule has 26 heavy (non-hydrogen) atoms. The third kappa shape index (κ3) is 14.1. The molecule has 0 rings (SSSR count). The van der Waals surface area contributed by atoms with Crippen molar-refractivity contribution in [2.24, 2.45) is 0 Å². The lowest BCUT2D eigenvalue weighted by atomic mass is 10.2. The topological polar surface area (TPSA) is 143 Å². The van der Waals surface area contributed by atoms with Crippen molar-refractivity contribution >= 4 is 40.7 Å². The minimum atomic E-state index is -0.746. The number of nitrogens with one attached hydrogen (secondary N) is 4.